The number of pyridine rings is 1. The number of fused-ring (bicyclic) bond motifs is 2. The fourth-order valence-corrected chi connectivity index (χ4v) is 4.54. The first-order valence-electron chi connectivity index (χ1n) is 11.3. The standard InChI is InChI=1S/C26H28N4O3/c1-2-29-8-7-19-13-17(5-6-22(19)26(29)32)18-3-4-20-14-21(16-24(27)28-23(20)15-18)25(31)30-9-11-33-12-10-30/h3-8,13-15,25,31H,2,9-12,16H2,1H3,(H2,27,28). The van der Waals surface area contributed by atoms with Crippen LogP contribution in [0.1, 0.15) is 18.9 Å². The molecule has 7 heteroatoms. The maximum atomic E-state index is 12.6. The Kier molecular flexibility index (Phi) is 5.85. The van der Waals surface area contributed by atoms with E-state index in [-0.39, 0.29) is 5.56 Å². The number of nitrogens with two attached hydrogens (primary N) is 1. The highest BCUT2D eigenvalue weighted by atomic mass is 16.5. The molecule has 1 saturated heterocycles. The van der Waals surface area contributed by atoms with Crippen LogP contribution in [-0.4, -0.2) is 52.9 Å². The van der Waals surface area contributed by atoms with Crippen LogP contribution in [0.15, 0.2) is 64.0 Å². The van der Waals surface area contributed by atoms with E-state index in [0.717, 1.165) is 33.3 Å². The molecule has 1 unspecified atom stereocenters. The molecule has 0 bridgehead atoms. The van der Waals surface area contributed by atoms with Crippen molar-refractivity contribution in [2.75, 3.05) is 26.3 Å². The molecule has 3 N–H and O–H groups in total. The van der Waals surface area contributed by atoms with Crippen molar-refractivity contribution in [3.8, 4) is 11.1 Å². The zero-order valence-corrected chi connectivity index (χ0v) is 18.7. The Labute approximate surface area is 192 Å². The summed E-state index contributed by atoms with van der Waals surface area (Å²) >= 11 is 0. The van der Waals surface area contributed by atoms with Crippen LogP contribution in [-0.2, 0) is 11.3 Å². The number of ether oxygens (including phenoxy) is 1. The molecule has 2 aliphatic rings. The Morgan fingerprint density at radius 1 is 1.12 bits per heavy atom. The van der Waals surface area contributed by atoms with Gasteiger partial charge in [-0.15, -0.1) is 0 Å². The molecule has 3 aromatic rings. The molecule has 0 spiro atoms. The first kappa shape index (κ1) is 21.6. The van der Waals surface area contributed by atoms with Gasteiger partial charge in [-0.05, 0) is 59.4 Å². The van der Waals surface area contributed by atoms with E-state index in [1.165, 1.54) is 0 Å². The minimum absolute atomic E-state index is 0.0253. The highest BCUT2D eigenvalue weighted by Gasteiger charge is 2.24. The summed E-state index contributed by atoms with van der Waals surface area (Å²) in [6.07, 6.45) is 3.54. The normalized spacial score (nSPS) is 17.8. The Morgan fingerprint density at radius 2 is 1.88 bits per heavy atom. The third-order valence-electron chi connectivity index (χ3n) is 6.39. The van der Waals surface area contributed by atoms with E-state index < -0.39 is 6.23 Å². The van der Waals surface area contributed by atoms with Crippen molar-refractivity contribution in [3.63, 3.8) is 0 Å². The molecular formula is C26H28N4O3. The molecule has 0 aliphatic carbocycles. The number of morpholine rings is 1. The second-order valence-electron chi connectivity index (χ2n) is 8.50. The van der Waals surface area contributed by atoms with Crippen molar-refractivity contribution in [2.24, 2.45) is 10.7 Å². The minimum atomic E-state index is -0.707. The fourth-order valence-electron chi connectivity index (χ4n) is 4.54. The second kappa shape index (κ2) is 8.94. The molecule has 1 fully saturated rings. The van der Waals surface area contributed by atoms with E-state index in [9.17, 15) is 9.90 Å². The van der Waals surface area contributed by atoms with Gasteiger partial charge in [-0.25, -0.2) is 4.99 Å². The lowest BCUT2D eigenvalue weighted by molar-refractivity contribution is -0.0409. The number of aryl methyl sites for hydroxylation is 1. The van der Waals surface area contributed by atoms with E-state index in [1.807, 2.05) is 66.6 Å². The van der Waals surface area contributed by atoms with E-state index in [2.05, 4.69) is 4.99 Å². The van der Waals surface area contributed by atoms with Gasteiger partial charge in [-0.1, -0.05) is 18.2 Å². The highest BCUT2D eigenvalue weighted by Crippen LogP contribution is 2.33. The summed E-state index contributed by atoms with van der Waals surface area (Å²) < 4.78 is 7.11. The lowest BCUT2D eigenvalue weighted by atomic mass is 9.99. The van der Waals surface area contributed by atoms with Gasteiger partial charge in [0.2, 0.25) is 0 Å². The molecule has 2 aliphatic heterocycles. The van der Waals surface area contributed by atoms with E-state index in [4.69, 9.17) is 10.5 Å². The predicted octanol–water partition coefficient (Wildman–Crippen LogP) is 3.11. The monoisotopic (exact) mass is 444 g/mol. The van der Waals surface area contributed by atoms with Crippen LogP contribution in [0.25, 0.3) is 28.0 Å². The zero-order chi connectivity index (χ0) is 22.9. The topological polar surface area (TPSA) is 93.1 Å². The van der Waals surface area contributed by atoms with Gasteiger partial charge in [-0.3, -0.25) is 9.69 Å². The van der Waals surface area contributed by atoms with E-state index in [1.54, 1.807) is 4.57 Å². The van der Waals surface area contributed by atoms with Gasteiger partial charge in [0.15, 0.2) is 0 Å². The molecule has 3 heterocycles. The number of hydrogen-bond acceptors (Lipinski definition) is 6. The SMILES string of the molecule is CCn1ccc2cc(-c3ccc4c(c3)N=C(N)CC(C(O)N3CCOCC3)=C4)ccc2c1=O. The summed E-state index contributed by atoms with van der Waals surface area (Å²) in [5, 5.41) is 12.5. The van der Waals surface area contributed by atoms with Crippen LogP contribution in [0.4, 0.5) is 5.69 Å². The first-order chi connectivity index (χ1) is 16.0. The van der Waals surface area contributed by atoms with Crippen molar-refractivity contribution < 1.29 is 9.84 Å². The Balaban J connectivity index is 1.50. The molecule has 0 saturated carbocycles. The molecule has 7 nitrogen and oxygen atoms in total. The van der Waals surface area contributed by atoms with Crippen molar-refractivity contribution >= 4 is 28.4 Å². The third kappa shape index (κ3) is 4.23. The maximum absolute atomic E-state index is 12.6. The summed E-state index contributed by atoms with van der Waals surface area (Å²) in [5.74, 6) is 0.475. The Hall–Kier alpha value is -3.26. The van der Waals surface area contributed by atoms with E-state index in [0.29, 0.717) is 50.5 Å². The van der Waals surface area contributed by atoms with Crippen LogP contribution in [0.5, 0.6) is 0 Å². The highest BCUT2D eigenvalue weighted by molar-refractivity contribution is 5.92. The Morgan fingerprint density at radius 3 is 2.67 bits per heavy atom. The first-order valence-corrected chi connectivity index (χ1v) is 11.3. The van der Waals surface area contributed by atoms with Crippen LogP contribution < -0.4 is 11.3 Å². The van der Waals surface area contributed by atoms with Gasteiger partial charge in [0, 0.05) is 43.2 Å². The average molecular weight is 445 g/mol. The number of aliphatic imine (C=N–C) groups is 1. The van der Waals surface area contributed by atoms with Gasteiger partial charge in [0.1, 0.15) is 12.1 Å². The number of benzene rings is 2. The number of aromatic nitrogens is 1. The van der Waals surface area contributed by atoms with Gasteiger partial charge in [0.25, 0.3) is 5.56 Å². The minimum Gasteiger partial charge on any atom is -0.387 e. The maximum Gasteiger partial charge on any atom is 0.258 e. The number of nitrogens with zero attached hydrogens (tertiary/aromatic N) is 3. The number of hydrogen-bond donors (Lipinski definition) is 2. The van der Waals surface area contributed by atoms with Crippen LogP contribution in [0, 0.1) is 0 Å². The molecule has 170 valence electrons. The lowest BCUT2D eigenvalue weighted by Crippen LogP contribution is -2.44. The van der Waals surface area contributed by atoms with Crippen LogP contribution in [0.2, 0.25) is 0 Å². The van der Waals surface area contributed by atoms with Gasteiger partial charge in [-0.2, -0.15) is 0 Å². The molecule has 0 amide bonds. The number of amidine groups is 1. The van der Waals surface area contributed by atoms with Crippen LogP contribution in [0.3, 0.4) is 0 Å². The zero-order valence-electron chi connectivity index (χ0n) is 18.7. The summed E-state index contributed by atoms with van der Waals surface area (Å²) in [4.78, 5) is 19.2. The predicted molar refractivity (Wildman–Crippen MR) is 132 cm³/mol. The second-order valence-corrected chi connectivity index (χ2v) is 8.50. The Bertz CT molecular complexity index is 1320. The van der Waals surface area contributed by atoms with Crippen molar-refractivity contribution in [1.82, 2.24) is 9.47 Å². The molecule has 1 atom stereocenters. The quantitative estimate of drug-likeness (QED) is 0.645. The fraction of sp³-hybridized carbons (Fsp3) is 0.308. The molecular weight excluding hydrogens is 416 g/mol. The lowest BCUT2D eigenvalue weighted by Gasteiger charge is -2.32. The summed E-state index contributed by atoms with van der Waals surface area (Å²) in [5.41, 5.74) is 10.8. The summed E-state index contributed by atoms with van der Waals surface area (Å²) in [6, 6.07) is 13.9. The van der Waals surface area contributed by atoms with E-state index >= 15 is 0 Å². The van der Waals surface area contributed by atoms with Crippen LogP contribution >= 0.6 is 0 Å². The van der Waals surface area contributed by atoms with Crippen molar-refractivity contribution in [1.29, 1.82) is 0 Å². The van der Waals surface area contributed by atoms with Crippen molar-refractivity contribution in [3.05, 3.63) is 70.2 Å². The number of aliphatic hydroxyl groups is 1. The molecule has 0 radical (unpaired) electrons. The van der Waals surface area contributed by atoms with Gasteiger partial charge < -0.3 is 20.1 Å². The molecule has 2 aromatic carbocycles. The molecule has 1 aromatic heterocycles. The van der Waals surface area contributed by atoms with Gasteiger partial charge >= 0.3 is 0 Å². The largest absolute Gasteiger partial charge is 0.387 e. The molecule has 33 heavy (non-hydrogen) atoms. The summed E-state index contributed by atoms with van der Waals surface area (Å²) in [6.45, 7) is 5.22. The smallest absolute Gasteiger partial charge is 0.258 e. The third-order valence-corrected chi connectivity index (χ3v) is 6.39. The molecule has 5 rings (SSSR count). The van der Waals surface area contributed by atoms with Gasteiger partial charge in [0.05, 0.1) is 18.9 Å². The average Bonchev–Trinajstić information content (AvgIpc) is 3.01. The number of rotatable bonds is 4. The van der Waals surface area contributed by atoms with Crippen molar-refractivity contribution in [2.45, 2.75) is 26.1 Å². The number of aliphatic hydroxyl groups excluding tert-OH is 1. The summed E-state index contributed by atoms with van der Waals surface area (Å²) in [7, 11) is 0.